The third kappa shape index (κ3) is 5.62. The van der Waals surface area contributed by atoms with Gasteiger partial charge in [0.15, 0.2) is 12.6 Å². The molecule has 0 atom stereocenters. The molecule has 1 amide bonds. The van der Waals surface area contributed by atoms with Gasteiger partial charge in [-0.25, -0.2) is 0 Å². The number of aromatic nitrogens is 1. The highest BCUT2D eigenvalue weighted by molar-refractivity contribution is 14.0. The summed E-state index contributed by atoms with van der Waals surface area (Å²) in [5.74, 6) is 1.51. The van der Waals surface area contributed by atoms with Crippen molar-refractivity contribution in [3.63, 3.8) is 0 Å². The van der Waals surface area contributed by atoms with E-state index in [9.17, 15) is 4.79 Å². The quantitative estimate of drug-likeness (QED) is 0.286. The van der Waals surface area contributed by atoms with Crippen LogP contribution in [0, 0.1) is 0 Å². The molecule has 0 unspecified atom stereocenters. The molecule has 1 aromatic carbocycles. The van der Waals surface area contributed by atoms with Gasteiger partial charge in [-0.1, -0.05) is 12.1 Å². The van der Waals surface area contributed by atoms with Crippen molar-refractivity contribution in [3.8, 4) is 5.75 Å². The standard InChI is InChI=1S/C19H25N5O2.HI/c1-20-19(22-12-15-8-11-23(2)13-15)21-9-5-10-24-16-6-3-4-7-17(16)26-14-18(24)25;/h3-4,6-8,11,13H,5,9-10,12,14H2,1-2H3,(H2,20,21,22);1H. The van der Waals surface area contributed by atoms with E-state index in [4.69, 9.17) is 4.74 Å². The molecule has 2 N–H and O–H groups in total. The normalized spacial score (nSPS) is 13.5. The Kier molecular flexibility index (Phi) is 7.96. The van der Waals surface area contributed by atoms with E-state index in [1.807, 2.05) is 42.1 Å². The van der Waals surface area contributed by atoms with Crippen LogP contribution in [0.2, 0.25) is 0 Å². The minimum absolute atomic E-state index is 0. The number of hydrogen-bond acceptors (Lipinski definition) is 3. The summed E-state index contributed by atoms with van der Waals surface area (Å²) in [5.41, 5.74) is 2.04. The van der Waals surface area contributed by atoms with Crippen LogP contribution in [0.1, 0.15) is 12.0 Å². The average molecular weight is 483 g/mol. The minimum atomic E-state index is -0.00437. The first-order valence-corrected chi connectivity index (χ1v) is 8.75. The second-order valence-corrected chi connectivity index (χ2v) is 6.19. The van der Waals surface area contributed by atoms with Crippen LogP contribution in [0.3, 0.4) is 0 Å². The van der Waals surface area contributed by atoms with E-state index in [0.29, 0.717) is 6.54 Å². The first kappa shape index (κ1) is 21.1. The fraction of sp³-hybridized carbons (Fsp3) is 0.368. The number of hydrogen-bond donors (Lipinski definition) is 2. The number of nitrogens with one attached hydrogen (secondary N) is 2. The maximum atomic E-state index is 12.1. The Morgan fingerprint density at radius 1 is 1.26 bits per heavy atom. The summed E-state index contributed by atoms with van der Waals surface area (Å²) in [6.45, 7) is 2.18. The third-order valence-electron chi connectivity index (χ3n) is 4.24. The molecule has 2 aromatic rings. The second kappa shape index (κ2) is 10.2. The largest absolute Gasteiger partial charge is 0.482 e. The number of anilines is 1. The fourth-order valence-electron chi connectivity index (χ4n) is 2.91. The number of aryl methyl sites for hydroxylation is 1. The number of benzene rings is 1. The fourth-order valence-corrected chi connectivity index (χ4v) is 2.91. The number of rotatable bonds is 6. The van der Waals surface area contributed by atoms with E-state index < -0.39 is 0 Å². The molecule has 0 bridgehead atoms. The number of halogens is 1. The van der Waals surface area contributed by atoms with Crippen molar-refractivity contribution < 1.29 is 9.53 Å². The number of fused-ring (bicyclic) bond motifs is 1. The maximum Gasteiger partial charge on any atom is 0.265 e. The van der Waals surface area contributed by atoms with Gasteiger partial charge in [0.1, 0.15) is 5.75 Å². The summed E-state index contributed by atoms with van der Waals surface area (Å²) in [6, 6.07) is 9.71. The molecule has 0 saturated heterocycles. The predicted molar refractivity (Wildman–Crippen MR) is 118 cm³/mol. The van der Waals surface area contributed by atoms with Crippen molar-refractivity contribution in [2.75, 3.05) is 31.6 Å². The zero-order valence-corrected chi connectivity index (χ0v) is 18.0. The van der Waals surface area contributed by atoms with E-state index in [0.717, 1.165) is 36.9 Å². The van der Waals surface area contributed by atoms with Crippen LogP contribution in [0.15, 0.2) is 47.7 Å². The molecule has 0 saturated carbocycles. The number of ether oxygens (including phenoxy) is 1. The van der Waals surface area contributed by atoms with Gasteiger partial charge in [0.2, 0.25) is 0 Å². The van der Waals surface area contributed by atoms with Crippen molar-refractivity contribution in [3.05, 3.63) is 48.3 Å². The molecule has 0 radical (unpaired) electrons. The number of para-hydroxylation sites is 2. The molecule has 27 heavy (non-hydrogen) atoms. The monoisotopic (exact) mass is 483 g/mol. The number of nitrogens with zero attached hydrogens (tertiary/aromatic N) is 3. The highest BCUT2D eigenvalue weighted by Gasteiger charge is 2.24. The Morgan fingerprint density at radius 2 is 2.07 bits per heavy atom. The molecular formula is C19H26IN5O2. The summed E-state index contributed by atoms with van der Waals surface area (Å²) >= 11 is 0. The Morgan fingerprint density at radius 3 is 2.81 bits per heavy atom. The zero-order chi connectivity index (χ0) is 18.4. The number of guanidine groups is 1. The van der Waals surface area contributed by atoms with Crippen molar-refractivity contribution in [2.45, 2.75) is 13.0 Å². The highest BCUT2D eigenvalue weighted by atomic mass is 127. The van der Waals surface area contributed by atoms with E-state index in [2.05, 4.69) is 27.9 Å². The molecule has 1 aromatic heterocycles. The van der Waals surface area contributed by atoms with E-state index in [1.54, 1.807) is 11.9 Å². The lowest BCUT2D eigenvalue weighted by Gasteiger charge is -2.29. The average Bonchev–Trinajstić information content (AvgIpc) is 3.08. The molecule has 2 heterocycles. The molecule has 3 rings (SSSR count). The van der Waals surface area contributed by atoms with Crippen LogP contribution < -0.4 is 20.3 Å². The maximum absolute atomic E-state index is 12.1. The van der Waals surface area contributed by atoms with Gasteiger partial charge in [-0.2, -0.15) is 0 Å². The summed E-state index contributed by atoms with van der Waals surface area (Å²) < 4.78 is 7.48. The molecule has 1 aliphatic rings. The van der Waals surface area contributed by atoms with Gasteiger partial charge < -0.3 is 24.8 Å². The Labute approximate surface area is 176 Å². The van der Waals surface area contributed by atoms with Crippen LogP contribution in [0.5, 0.6) is 5.75 Å². The van der Waals surface area contributed by atoms with Crippen LogP contribution in [0.25, 0.3) is 0 Å². The second-order valence-electron chi connectivity index (χ2n) is 6.19. The smallest absolute Gasteiger partial charge is 0.265 e. The molecule has 0 fully saturated rings. The minimum Gasteiger partial charge on any atom is -0.482 e. The lowest BCUT2D eigenvalue weighted by Crippen LogP contribution is -2.41. The van der Waals surface area contributed by atoms with Gasteiger partial charge in [0.05, 0.1) is 5.69 Å². The number of carbonyl (C=O) groups is 1. The molecule has 7 nitrogen and oxygen atoms in total. The van der Waals surface area contributed by atoms with E-state index in [1.165, 1.54) is 5.56 Å². The summed E-state index contributed by atoms with van der Waals surface area (Å²) in [4.78, 5) is 18.2. The Bertz CT molecular complexity index is 790. The van der Waals surface area contributed by atoms with Crippen molar-refractivity contribution in [1.82, 2.24) is 15.2 Å². The van der Waals surface area contributed by atoms with Gasteiger partial charge in [-0.3, -0.25) is 9.79 Å². The van der Waals surface area contributed by atoms with Crippen LogP contribution >= 0.6 is 24.0 Å². The Balaban J connectivity index is 0.00000261. The number of carbonyl (C=O) groups excluding carboxylic acids is 1. The number of aliphatic imine (C=N–C) groups is 1. The van der Waals surface area contributed by atoms with Crippen molar-refractivity contribution in [1.29, 1.82) is 0 Å². The molecule has 8 heteroatoms. The lowest BCUT2D eigenvalue weighted by atomic mass is 10.2. The van der Waals surface area contributed by atoms with Gasteiger partial charge in [0.25, 0.3) is 5.91 Å². The van der Waals surface area contributed by atoms with Gasteiger partial charge in [0, 0.05) is 46.1 Å². The Hall–Kier alpha value is -2.23. The third-order valence-corrected chi connectivity index (χ3v) is 4.24. The van der Waals surface area contributed by atoms with E-state index >= 15 is 0 Å². The summed E-state index contributed by atoms with van der Waals surface area (Å²) in [6.07, 6.45) is 4.90. The molecule has 0 spiro atoms. The predicted octanol–water partition coefficient (Wildman–Crippen LogP) is 2.12. The zero-order valence-electron chi connectivity index (χ0n) is 15.6. The van der Waals surface area contributed by atoms with Crippen LogP contribution in [0.4, 0.5) is 5.69 Å². The first-order valence-electron chi connectivity index (χ1n) is 8.75. The molecule has 146 valence electrons. The molecule has 0 aliphatic carbocycles. The lowest BCUT2D eigenvalue weighted by molar-refractivity contribution is -0.121. The summed E-state index contributed by atoms with van der Waals surface area (Å²) in [7, 11) is 3.75. The van der Waals surface area contributed by atoms with E-state index in [-0.39, 0.29) is 36.5 Å². The highest BCUT2D eigenvalue weighted by Crippen LogP contribution is 2.31. The van der Waals surface area contributed by atoms with Gasteiger partial charge in [-0.05, 0) is 30.2 Å². The van der Waals surface area contributed by atoms with Crippen LogP contribution in [-0.2, 0) is 18.4 Å². The topological polar surface area (TPSA) is 70.9 Å². The SMILES string of the molecule is CN=C(NCCCN1C(=O)COc2ccccc21)NCc1ccn(C)c1.I. The number of amides is 1. The van der Waals surface area contributed by atoms with Crippen molar-refractivity contribution >= 4 is 41.5 Å². The summed E-state index contributed by atoms with van der Waals surface area (Å²) in [5, 5.41) is 6.57. The molecule has 1 aliphatic heterocycles. The van der Waals surface area contributed by atoms with Crippen molar-refractivity contribution in [2.24, 2.45) is 12.0 Å². The molecular weight excluding hydrogens is 457 g/mol. The van der Waals surface area contributed by atoms with Crippen LogP contribution in [-0.4, -0.2) is 43.2 Å². The first-order chi connectivity index (χ1) is 12.7. The van der Waals surface area contributed by atoms with Gasteiger partial charge in [-0.15, -0.1) is 24.0 Å². The van der Waals surface area contributed by atoms with Gasteiger partial charge >= 0.3 is 0 Å².